The van der Waals surface area contributed by atoms with Crippen LogP contribution in [0.25, 0.3) is 0 Å². The van der Waals surface area contributed by atoms with E-state index < -0.39 is 0 Å². The van der Waals surface area contributed by atoms with Crippen LogP contribution in [-0.4, -0.2) is 29.2 Å². The summed E-state index contributed by atoms with van der Waals surface area (Å²) in [5.74, 6) is -0.000902. The van der Waals surface area contributed by atoms with Gasteiger partial charge in [0.2, 0.25) is 5.91 Å². The number of carbonyl (C=O) groups is 1. The lowest BCUT2D eigenvalue weighted by atomic mass is 10.1. The lowest BCUT2D eigenvalue weighted by Gasteiger charge is -2.16. The first-order chi connectivity index (χ1) is 7.70. The molecule has 4 nitrogen and oxygen atoms in total. The van der Waals surface area contributed by atoms with E-state index in [1.54, 1.807) is 6.07 Å². The maximum Gasteiger partial charge on any atom is 0.238 e. The highest BCUT2D eigenvalue weighted by Crippen LogP contribution is 2.25. The van der Waals surface area contributed by atoms with Crippen LogP contribution >= 0.6 is 11.6 Å². The van der Waals surface area contributed by atoms with Crippen molar-refractivity contribution in [3.05, 3.63) is 34.9 Å². The molecule has 1 saturated heterocycles. The monoisotopic (exact) mass is 240 g/mol. The Bertz CT molecular complexity index is 397. The number of amides is 1. The average Bonchev–Trinajstić information content (AvgIpc) is 2.61. The quantitative estimate of drug-likeness (QED) is 0.832. The predicted octanol–water partition coefficient (Wildman–Crippen LogP) is 1.11. The molecule has 1 amide bonds. The molecule has 1 aliphatic rings. The summed E-state index contributed by atoms with van der Waals surface area (Å²) in [5.41, 5.74) is 4.04. The second-order valence-corrected chi connectivity index (χ2v) is 4.15. The summed E-state index contributed by atoms with van der Waals surface area (Å²) in [5, 5.41) is 10.9. The summed E-state index contributed by atoms with van der Waals surface area (Å²) < 4.78 is 0. The first kappa shape index (κ1) is 11.4. The molecule has 1 aromatic rings. The average molecular weight is 241 g/mol. The van der Waals surface area contributed by atoms with E-state index >= 15 is 0 Å². The number of rotatable bonds is 3. The topological polar surface area (TPSA) is 52.6 Å². The van der Waals surface area contributed by atoms with E-state index in [1.165, 1.54) is 5.01 Å². The van der Waals surface area contributed by atoms with E-state index in [1.807, 2.05) is 18.2 Å². The second kappa shape index (κ2) is 4.82. The van der Waals surface area contributed by atoms with Gasteiger partial charge in [-0.05, 0) is 17.7 Å². The van der Waals surface area contributed by atoms with Crippen molar-refractivity contribution in [3.8, 4) is 0 Å². The highest BCUT2D eigenvalue weighted by molar-refractivity contribution is 6.30. The smallest absolute Gasteiger partial charge is 0.238 e. The zero-order valence-electron chi connectivity index (χ0n) is 8.69. The molecule has 1 heterocycles. The SMILES string of the molecule is O=C1CC(c2cccc(Cl)c2)NN1CCO. The maximum atomic E-state index is 11.6. The standard InChI is InChI=1S/C11H13ClN2O2/c12-9-3-1-2-8(6-9)10-7-11(16)14(13-10)4-5-15/h1-3,6,10,13,15H,4-5,7H2. The maximum absolute atomic E-state index is 11.6. The molecule has 5 heteroatoms. The van der Waals surface area contributed by atoms with Crippen LogP contribution in [0, 0.1) is 0 Å². The van der Waals surface area contributed by atoms with Crippen molar-refractivity contribution < 1.29 is 9.90 Å². The van der Waals surface area contributed by atoms with Crippen LogP contribution < -0.4 is 5.43 Å². The van der Waals surface area contributed by atoms with Gasteiger partial charge in [-0.25, -0.2) is 5.43 Å². The largest absolute Gasteiger partial charge is 0.394 e. The molecule has 2 N–H and O–H groups in total. The molecule has 1 fully saturated rings. The second-order valence-electron chi connectivity index (χ2n) is 3.71. The Labute approximate surface area is 98.8 Å². The zero-order valence-corrected chi connectivity index (χ0v) is 9.44. The molecule has 16 heavy (non-hydrogen) atoms. The molecule has 0 aliphatic carbocycles. The number of aliphatic hydroxyl groups is 1. The third-order valence-electron chi connectivity index (χ3n) is 2.57. The summed E-state index contributed by atoms with van der Waals surface area (Å²) in [4.78, 5) is 11.6. The van der Waals surface area contributed by atoms with E-state index in [2.05, 4.69) is 5.43 Å². The summed E-state index contributed by atoms with van der Waals surface area (Å²) in [6.45, 7) is 0.275. The van der Waals surface area contributed by atoms with Crippen LogP contribution in [0.3, 0.4) is 0 Å². The van der Waals surface area contributed by atoms with Gasteiger partial charge in [0.25, 0.3) is 0 Å². The lowest BCUT2D eigenvalue weighted by molar-refractivity contribution is -0.130. The van der Waals surface area contributed by atoms with Crippen molar-refractivity contribution in [1.29, 1.82) is 0 Å². The van der Waals surface area contributed by atoms with Gasteiger partial charge in [0, 0.05) is 11.4 Å². The Morgan fingerprint density at radius 3 is 3.06 bits per heavy atom. The summed E-state index contributed by atoms with van der Waals surface area (Å²) >= 11 is 5.89. The highest BCUT2D eigenvalue weighted by atomic mass is 35.5. The number of β-amino-alcohol motifs (C(OH)–C–C–N with tert-alkyl or cyclic N) is 1. The van der Waals surface area contributed by atoms with Crippen LogP contribution in [0.4, 0.5) is 0 Å². The predicted molar refractivity (Wildman–Crippen MR) is 60.7 cm³/mol. The number of hydrazine groups is 1. The van der Waals surface area contributed by atoms with Gasteiger partial charge in [0.15, 0.2) is 0 Å². The van der Waals surface area contributed by atoms with Gasteiger partial charge in [-0.15, -0.1) is 0 Å². The van der Waals surface area contributed by atoms with Gasteiger partial charge in [-0.1, -0.05) is 23.7 Å². The molecule has 0 aromatic heterocycles. The minimum Gasteiger partial charge on any atom is -0.394 e. The third kappa shape index (κ3) is 2.35. The van der Waals surface area contributed by atoms with Crippen LogP contribution in [0.2, 0.25) is 5.02 Å². The fourth-order valence-corrected chi connectivity index (χ4v) is 1.99. The Balaban J connectivity index is 2.10. The van der Waals surface area contributed by atoms with E-state index in [0.29, 0.717) is 18.0 Å². The summed E-state index contributed by atoms with van der Waals surface area (Å²) in [6, 6.07) is 7.39. The number of aliphatic hydroxyl groups excluding tert-OH is 1. The normalized spacial score (nSPS) is 20.5. The fourth-order valence-electron chi connectivity index (χ4n) is 1.80. The zero-order chi connectivity index (χ0) is 11.5. The third-order valence-corrected chi connectivity index (χ3v) is 2.80. The van der Waals surface area contributed by atoms with Crippen molar-refractivity contribution in [1.82, 2.24) is 10.4 Å². The van der Waals surface area contributed by atoms with E-state index in [-0.39, 0.29) is 18.6 Å². The summed E-state index contributed by atoms with van der Waals surface area (Å²) in [6.07, 6.45) is 0.403. The van der Waals surface area contributed by atoms with Crippen molar-refractivity contribution in [2.75, 3.05) is 13.2 Å². The van der Waals surface area contributed by atoms with Gasteiger partial charge < -0.3 is 5.11 Å². The Morgan fingerprint density at radius 1 is 1.56 bits per heavy atom. The van der Waals surface area contributed by atoms with Crippen LogP contribution in [0.15, 0.2) is 24.3 Å². The number of hydrogen-bond acceptors (Lipinski definition) is 3. The Kier molecular flexibility index (Phi) is 3.43. The van der Waals surface area contributed by atoms with Crippen LogP contribution in [-0.2, 0) is 4.79 Å². The van der Waals surface area contributed by atoms with Gasteiger partial charge in [0.1, 0.15) is 0 Å². The molecule has 1 aromatic carbocycles. The van der Waals surface area contributed by atoms with Gasteiger partial charge >= 0.3 is 0 Å². The lowest BCUT2D eigenvalue weighted by Crippen LogP contribution is -2.37. The molecule has 0 spiro atoms. The molecule has 1 unspecified atom stereocenters. The molecular formula is C11H13ClN2O2. The first-order valence-corrected chi connectivity index (χ1v) is 5.51. The summed E-state index contributed by atoms with van der Waals surface area (Å²) in [7, 11) is 0. The molecular weight excluding hydrogens is 228 g/mol. The molecule has 1 aliphatic heterocycles. The molecule has 0 bridgehead atoms. The molecule has 1 atom stereocenters. The van der Waals surface area contributed by atoms with E-state index in [0.717, 1.165) is 5.56 Å². The van der Waals surface area contributed by atoms with E-state index in [4.69, 9.17) is 16.7 Å². The van der Waals surface area contributed by atoms with Gasteiger partial charge in [-0.2, -0.15) is 0 Å². The number of nitrogens with zero attached hydrogens (tertiary/aromatic N) is 1. The highest BCUT2D eigenvalue weighted by Gasteiger charge is 2.29. The number of hydrogen-bond donors (Lipinski definition) is 2. The van der Waals surface area contributed by atoms with Crippen molar-refractivity contribution in [2.45, 2.75) is 12.5 Å². The van der Waals surface area contributed by atoms with Crippen molar-refractivity contribution >= 4 is 17.5 Å². The number of carbonyl (C=O) groups excluding carboxylic acids is 1. The van der Waals surface area contributed by atoms with Gasteiger partial charge in [0.05, 0.1) is 19.2 Å². The molecule has 86 valence electrons. The minimum atomic E-state index is -0.0437. The molecule has 0 saturated carbocycles. The number of halogens is 1. The Hall–Kier alpha value is -1.10. The van der Waals surface area contributed by atoms with Gasteiger partial charge in [-0.3, -0.25) is 9.80 Å². The minimum absolute atomic E-state index is 0.000902. The molecule has 0 radical (unpaired) electrons. The van der Waals surface area contributed by atoms with Crippen LogP contribution in [0.1, 0.15) is 18.0 Å². The molecule has 2 rings (SSSR count). The first-order valence-electron chi connectivity index (χ1n) is 5.13. The van der Waals surface area contributed by atoms with Crippen LogP contribution in [0.5, 0.6) is 0 Å². The number of benzene rings is 1. The Morgan fingerprint density at radius 2 is 2.38 bits per heavy atom. The van der Waals surface area contributed by atoms with Crippen molar-refractivity contribution in [2.24, 2.45) is 0 Å². The van der Waals surface area contributed by atoms with Crippen molar-refractivity contribution in [3.63, 3.8) is 0 Å². The number of nitrogens with one attached hydrogen (secondary N) is 1. The fraction of sp³-hybridized carbons (Fsp3) is 0.364. The van der Waals surface area contributed by atoms with E-state index in [9.17, 15) is 4.79 Å².